The van der Waals surface area contributed by atoms with E-state index in [2.05, 4.69) is 57.2 Å². The van der Waals surface area contributed by atoms with Crippen LogP contribution in [0.1, 0.15) is 88.0 Å². The number of aliphatic imine (C=N–C) groups is 1. The maximum atomic E-state index is 14.7. The molecule has 4 aromatic rings. The van der Waals surface area contributed by atoms with E-state index in [0.717, 1.165) is 17.3 Å². The van der Waals surface area contributed by atoms with Crippen molar-refractivity contribution in [2.24, 2.45) is 27.9 Å². The van der Waals surface area contributed by atoms with Crippen LogP contribution in [0.5, 0.6) is 0 Å². The molecule has 0 aliphatic carbocycles. The Morgan fingerprint density at radius 3 is 2.10 bits per heavy atom. The number of benzene rings is 2. The number of primary amides is 1. The predicted octanol–water partition coefficient (Wildman–Crippen LogP) is -1.04. The molecule has 72 heavy (non-hydrogen) atoms. The minimum Gasteiger partial charge on any atom is -0.370 e. The molecule has 0 radical (unpaired) electrons. The van der Waals surface area contributed by atoms with Gasteiger partial charge in [0.2, 0.25) is 47.3 Å². The second kappa shape index (κ2) is 28.1. The number of carbonyl (C=O) groups is 8. The summed E-state index contributed by atoms with van der Waals surface area (Å²) >= 11 is 0. The molecule has 1 aliphatic heterocycles. The monoisotopic (exact) mass is 996 g/mol. The van der Waals surface area contributed by atoms with Gasteiger partial charge in [-0.15, -0.1) is 0 Å². The smallest absolute Gasteiger partial charge is 0.243 e. The number of rotatable bonds is 16. The van der Waals surface area contributed by atoms with Crippen molar-refractivity contribution in [3.8, 4) is 0 Å². The van der Waals surface area contributed by atoms with Gasteiger partial charge in [0.1, 0.15) is 36.3 Å². The van der Waals surface area contributed by atoms with Crippen molar-refractivity contribution in [2.75, 3.05) is 13.1 Å². The molecule has 2 aromatic heterocycles. The molecule has 7 atom stereocenters. The van der Waals surface area contributed by atoms with E-state index >= 15 is 0 Å². The van der Waals surface area contributed by atoms with Crippen molar-refractivity contribution in [2.45, 2.75) is 133 Å². The van der Waals surface area contributed by atoms with Gasteiger partial charge in [0.25, 0.3) is 0 Å². The molecule has 23 nitrogen and oxygen atoms in total. The van der Waals surface area contributed by atoms with Crippen molar-refractivity contribution in [1.82, 2.24) is 52.2 Å². The normalized spacial score (nSPS) is 21.9. The van der Waals surface area contributed by atoms with E-state index in [1.54, 1.807) is 36.5 Å². The Hall–Kier alpha value is -7.82. The number of nitrogens with one attached hydrogen (secondary N) is 9. The first kappa shape index (κ1) is 55.1. The van der Waals surface area contributed by atoms with Gasteiger partial charge in [0, 0.05) is 67.8 Å². The Morgan fingerprint density at radius 1 is 0.750 bits per heavy atom. The number of hydrogen-bond acceptors (Lipinski definition) is 11. The Labute approximate surface area is 417 Å². The third-order valence-corrected chi connectivity index (χ3v) is 12.2. The lowest BCUT2D eigenvalue weighted by Crippen LogP contribution is -2.60. The number of imidazole rings is 1. The molecule has 17 N–H and O–H groups in total. The van der Waals surface area contributed by atoms with E-state index in [0.29, 0.717) is 42.5 Å². The van der Waals surface area contributed by atoms with Crippen LogP contribution in [0, 0.1) is 0 Å². The summed E-state index contributed by atoms with van der Waals surface area (Å²) in [7, 11) is 0. The van der Waals surface area contributed by atoms with E-state index in [1.807, 2.05) is 31.2 Å². The van der Waals surface area contributed by atoms with E-state index in [1.165, 1.54) is 12.5 Å². The van der Waals surface area contributed by atoms with Crippen LogP contribution in [0.15, 0.2) is 78.3 Å². The van der Waals surface area contributed by atoms with Crippen LogP contribution in [0.4, 0.5) is 0 Å². The molecule has 8 amide bonds. The summed E-state index contributed by atoms with van der Waals surface area (Å²) in [6.07, 6.45) is 6.64. The average Bonchev–Trinajstić information content (AvgIpc) is 4.04. The van der Waals surface area contributed by atoms with Crippen LogP contribution < -0.4 is 60.2 Å². The fraction of sp³-hybridized carbons (Fsp3) is 0.469. The van der Waals surface area contributed by atoms with Crippen molar-refractivity contribution < 1.29 is 38.4 Å². The minimum atomic E-state index is -1.37. The number of unbranched alkanes of at least 4 members (excludes halogenated alkanes) is 1. The topological polar surface area (TPSA) is 382 Å². The summed E-state index contributed by atoms with van der Waals surface area (Å²) in [5.41, 5.74) is 25.7. The fourth-order valence-electron chi connectivity index (χ4n) is 8.20. The number of nitrogens with zero attached hydrogens (tertiary/aromatic N) is 2. The molecule has 0 unspecified atom stereocenters. The van der Waals surface area contributed by atoms with Crippen molar-refractivity contribution in [1.29, 1.82) is 0 Å². The van der Waals surface area contributed by atoms with Gasteiger partial charge in [-0.1, -0.05) is 68.3 Å². The average molecular weight is 996 g/mol. The summed E-state index contributed by atoms with van der Waals surface area (Å²) < 4.78 is 0. The third-order valence-electron chi connectivity index (χ3n) is 12.2. The molecular weight excluding hydrogens is 927 g/mol. The quantitative estimate of drug-likeness (QED) is 0.0364. The maximum Gasteiger partial charge on any atom is 0.243 e. The number of amides is 8. The van der Waals surface area contributed by atoms with Crippen LogP contribution in [-0.2, 0) is 57.6 Å². The molecule has 23 heteroatoms. The van der Waals surface area contributed by atoms with Crippen LogP contribution in [0.3, 0.4) is 0 Å². The summed E-state index contributed by atoms with van der Waals surface area (Å²) in [4.78, 5) is 126. The van der Waals surface area contributed by atoms with Crippen LogP contribution in [0.2, 0.25) is 0 Å². The van der Waals surface area contributed by atoms with Gasteiger partial charge in [0.15, 0.2) is 5.96 Å². The highest BCUT2D eigenvalue weighted by molar-refractivity contribution is 5.98. The molecule has 0 bridgehead atoms. The van der Waals surface area contributed by atoms with Gasteiger partial charge in [-0.3, -0.25) is 43.3 Å². The molecule has 388 valence electrons. The molecule has 1 saturated heterocycles. The molecule has 1 fully saturated rings. The zero-order valence-corrected chi connectivity index (χ0v) is 40.5. The Morgan fingerprint density at radius 2 is 1.40 bits per heavy atom. The Kier molecular flexibility index (Phi) is 21.5. The van der Waals surface area contributed by atoms with E-state index in [-0.39, 0.29) is 70.4 Å². The van der Waals surface area contributed by atoms with Crippen LogP contribution in [0.25, 0.3) is 10.9 Å². The number of hydrogen-bond donors (Lipinski definition) is 13. The number of guanidine groups is 1. The molecule has 0 saturated carbocycles. The number of para-hydroxylation sites is 1. The van der Waals surface area contributed by atoms with Gasteiger partial charge >= 0.3 is 0 Å². The number of aromatic nitrogens is 3. The maximum absolute atomic E-state index is 14.7. The number of nitrogens with two attached hydrogens (primary N) is 4. The first-order chi connectivity index (χ1) is 34.6. The van der Waals surface area contributed by atoms with Gasteiger partial charge in [-0.05, 0) is 62.1 Å². The first-order valence-corrected chi connectivity index (χ1v) is 24.4. The van der Waals surface area contributed by atoms with Crippen molar-refractivity contribution >= 4 is 64.1 Å². The fourth-order valence-corrected chi connectivity index (χ4v) is 8.20. The highest BCUT2D eigenvalue weighted by atomic mass is 16.2. The zero-order valence-electron chi connectivity index (χ0n) is 40.5. The summed E-state index contributed by atoms with van der Waals surface area (Å²) in [5, 5.41) is 20.0. The molecule has 1 aliphatic rings. The lowest BCUT2D eigenvalue weighted by molar-refractivity contribution is -0.135. The third kappa shape index (κ3) is 17.5. The highest BCUT2D eigenvalue weighted by Gasteiger charge is 2.34. The van der Waals surface area contributed by atoms with E-state index in [9.17, 15) is 38.4 Å². The minimum absolute atomic E-state index is 0.0318. The van der Waals surface area contributed by atoms with Gasteiger partial charge in [0.05, 0.1) is 12.4 Å². The number of aromatic amines is 2. The second-order valence-electron chi connectivity index (χ2n) is 17.9. The van der Waals surface area contributed by atoms with Gasteiger partial charge in [-0.2, -0.15) is 0 Å². The number of carbonyl (C=O) groups excluding carboxylic acids is 8. The van der Waals surface area contributed by atoms with Crippen molar-refractivity contribution in [3.05, 3.63) is 90.1 Å². The molecule has 3 heterocycles. The van der Waals surface area contributed by atoms with Crippen LogP contribution >= 0.6 is 0 Å². The first-order valence-electron chi connectivity index (χ1n) is 24.4. The zero-order chi connectivity index (χ0) is 52.0. The Bertz CT molecular complexity index is 2480. The number of fused-ring (bicyclic) bond motifs is 1. The van der Waals surface area contributed by atoms with Gasteiger partial charge in [-0.25, -0.2) is 4.98 Å². The largest absolute Gasteiger partial charge is 0.370 e. The summed E-state index contributed by atoms with van der Waals surface area (Å²) in [6.45, 7) is 2.19. The van der Waals surface area contributed by atoms with Gasteiger partial charge < -0.3 is 70.1 Å². The summed E-state index contributed by atoms with van der Waals surface area (Å²) in [5.74, 6) is -5.97. The van der Waals surface area contributed by atoms with Crippen LogP contribution in [-0.4, -0.2) is 124 Å². The van der Waals surface area contributed by atoms with Crippen molar-refractivity contribution in [3.63, 3.8) is 0 Å². The summed E-state index contributed by atoms with van der Waals surface area (Å²) in [6, 6.07) is 7.35. The standard InChI is InChI=1S/C49H69N15O8/c1-2-3-15-33(50)43(67)60-37-19-20-41(65)55-21-10-9-17-35(42(51)66)59-47(71)39(24-30-26-57-34-16-8-7-14-32(30)34)63-44(68)36(18-11-22-56-49(52)53)61-46(70)38(23-29-12-5-4-6-13-29)62-48(72)40(64-45(37)69)25-31-27-54-28-58-31/h4-8,12-14,16,26-28,33,35-40,57H,2-3,9-11,15,17-25,50H2,1H3,(H2,51,66)(H,54,58)(H,55,65)(H,59,71)(H,60,67)(H,61,70)(H,62,72)(H,63,68)(H,64,69)(H4,52,53,56)/t33-,35-,36-,37-,38+,39-,40-/m0/s1. The van der Waals surface area contributed by atoms with E-state index < -0.39 is 89.6 Å². The SMILES string of the molecule is CCCC[C@H](N)C(=O)N[C@H]1CCC(=O)NCCCC[C@@H](C(N)=O)NC(=O)[C@H](Cc2c[nH]c3ccccc23)NC(=O)[C@H](CCCN=C(N)N)NC(=O)[C@@H](Cc2ccccc2)NC(=O)[C@H](Cc2cnc[nH]2)NC1=O. The Balaban J connectivity index is 1.53. The molecular formula is C49H69N15O8. The second-order valence-corrected chi connectivity index (χ2v) is 17.9. The lowest BCUT2D eigenvalue weighted by atomic mass is 10.0. The molecule has 0 spiro atoms. The number of H-pyrrole nitrogens is 2. The molecule has 5 rings (SSSR count). The molecule has 2 aromatic carbocycles. The lowest BCUT2D eigenvalue weighted by Gasteiger charge is -2.28. The van der Waals surface area contributed by atoms with E-state index in [4.69, 9.17) is 22.9 Å². The predicted molar refractivity (Wildman–Crippen MR) is 269 cm³/mol. The highest BCUT2D eigenvalue weighted by Crippen LogP contribution is 2.20.